The number of hydrogen-bond acceptors (Lipinski definition) is 1. The summed E-state index contributed by atoms with van der Waals surface area (Å²) in [6.45, 7) is 4.63. The highest BCUT2D eigenvalue weighted by Gasteiger charge is 2.17. The molecule has 0 aliphatic carbocycles. The Bertz CT molecular complexity index is 599. The van der Waals surface area contributed by atoms with Gasteiger partial charge in [0.2, 0.25) is 0 Å². The maximum atomic E-state index is 12.5. The van der Waals surface area contributed by atoms with Gasteiger partial charge in [0, 0.05) is 22.7 Å². The molecule has 2 rings (SSSR count). The van der Waals surface area contributed by atoms with Crippen molar-refractivity contribution in [1.29, 1.82) is 0 Å². The Morgan fingerprint density at radius 1 is 1.14 bits per heavy atom. The van der Waals surface area contributed by atoms with E-state index < -0.39 is 0 Å². The molecule has 1 N–H and O–H groups in total. The predicted octanol–water partition coefficient (Wildman–Crippen LogP) is 4.89. The molecule has 0 aromatic heterocycles. The molecule has 3 nitrogen and oxygen atoms in total. The van der Waals surface area contributed by atoms with E-state index in [2.05, 4.69) is 21.2 Å². The van der Waals surface area contributed by atoms with Crippen LogP contribution in [0.4, 0.5) is 10.5 Å². The fourth-order valence-corrected chi connectivity index (χ4v) is 2.43. The molecule has 0 radical (unpaired) electrons. The molecule has 0 bridgehead atoms. The Morgan fingerprint density at radius 2 is 1.86 bits per heavy atom. The number of amides is 2. The van der Waals surface area contributed by atoms with E-state index in [-0.39, 0.29) is 12.1 Å². The van der Waals surface area contributed by atoms with Crippen LogP contribution < -0.4 is 5.32 Å². The normalized spacial score (nSPS) is 10.5. The third kappa shape index (κ3) is 4.60. The number of hydrogen-bond donors (Lipinski definition) is 1. The topological polar surface area (TPSA) is 32.3 Å². The number of halogens is 1. The van der Waals surface area contributed by atoms with Crippen molar-refractivity contribution in [3.63, 3.8) is 0 Å². The molecule has 0 spiro atoms. The molecule has 0 saturated carbocycles. The van der Waals surface area contributed by atoms with Gasteiger partial charge in [0.05, 0.1) is 0 Å². The summed E-state index contributed by atoms with van der Waals surface area (Å²) in [6.07, 6.45) is 0. The molecular weight excluding hydrogens is 328 g/mol. The van der Waals surface area contributed by atoms with E-state index in [0.29, 0.717) is 6.54 Å². The van der Waals surface area contributed by atoms with Crippen molar-refractivity contribution in [1.82, 2.24) is 4.90 Å². The lowest BCUT2D eigenvalue weighted by molar-refractivity contribution is 0.193. The van der Waals surface area contributed by atoms with Gasteiger partial charge in [0.15, 0.2) is 0 Å². The minimum atomic E-state index is -0.0908. The van der Waals surface area contributed by atoms with Crippen LogP contribution in [0.5, 0.6) is 0 Å². The van der Waals surface area contributed by atoms with Crippen molar-refractivity contribution >= 4 is 27.6 Å². The molecule has 0 unspecified atom stereocenters. The number of urea groups is 1. The minimum absolute atomic E-state index is 0.0908. The average Bonchev–Trinajstić information content (AvgIpc) is 2.45. The summed E-state index contributed by atoms with van der Waals surface area (Å²) in [6, 6.07) is 17.6. The molecule has 21 heavy (non-hydrogen) atoms. The van der Waals surface area contributed by atoms with Gasteiger partial charge in [-0.2, -0.15) is 0 Å². The van der Waals surface area contributed by atoms with Crippen LogP contribution in [0.15, 0.2) is 59.1 Å². The summed E-state index contributed by atoms with van der Waals surface area (Å²) in [5, 5.41) is 2.94. The van der Waals surface area contributed by atoms with Gasteiger partial charge in [-0.05, 0) is 37.6 Å². The third-order valence-electron chi connectivity index (χ3n) is 3.16. The second kappa shape index (κ2) is 7.27. The fraction of sp³-hybridized carbons (Fsp3) is 0.235. The van der Waals surface area contributed by atoms with E-state index in [1.54, 1.807) is 0 Å². The number of anilines is 1. The number of nitrogens with zero attached hydrogens (tertiary/aromatic N) is 1. The zero-order valence-electron chi connectivity index (χ0n) is 12.2. The molecule has 2 amide bonds. The minimum Gasteiger partial charge on any atom is -0.318 e. The molecule has 0 saturated heterocycles. The molecule has 110 valence electrons. The Hall–Kier alpha value is -1.81. The smallest absolute Gasteiger partial charge is 0.318 e. The highest BCUT2D eigenvalue weighted by atomic mass is 79.9. The SMILES string of the molecule is CC(C)N(Cc1ccccc1)C(=O)Nc1cccc(Br)c1. The van der Waals surface area contributed by atoms with Crippen LogP contribution in [0.3, 0.4) is 0 Å². The van der Waals surface area contributed by atoms with E-state index in [4.69, 9.17) is 0 Å². The van der Waals surface area contributed by atoms with Gasteiger partial charge < -0.3 is 10.2 Å². The Balaban J connectivity index is 2.09. The lowest BCUT2D eigenvalue weighted by atomic mass is 10.2. The number of benzene rings is 2. The monoisotopic (exact) mass is 346 g/mol. The standard InChI is InChI=1S/C17H19BrN2O/c1-13(2)20(12-14-7-4-3-5-8-14)17(21)19-16-10-6-9-15(18)11-16/h3-11,13H,12H2,1-2H3,(H,19,21). The molecule has 2 aromatic rings. The van der Waals surface area contributed by atoms with Crippen molar-refractivity contribution in [2.45, 2.75) is 26.4 Å². The zero-order chi connectivity index (χ0) is 15.2. The Labute approximate surface area is 134 Å². The van der Waals surface area contributed by atoms with Crippen LogP contribution >= 0.6 is 15.9 Å². The summed E-state index contributed by atoms with van der Waals surface area (Å²) >= 11 is 3.41. The first-order valence-electron chi connectivity index (χ1n) is 6.93. The van der Waals surface area contributed by atoms with Gasteiger partial charge in [-0.25, -0.2) is 4.79 Å². The van der Waals surface area contributed by atoms with Crippen molar-refractivity contribution in [3.8, 4) is 0 Å². The van der Waals surface area contributed by atoms with Crippen LogP contribution in [-0.4, -0.2) is 17.0 Å². The van der Waals surface area contributed by atoms with Crippen molar-refractivity contribution in [2.75, 3.05) is 5.32 Å². The quantitative estimate of drug-likeness (QED) is 0.839. The summed E-state index contributed by atoms with van der Waals surface area (Å²) < 4.78 is 0.944. The number of carbonyl (C=O) groups excluding carboxylic acids is 1. The maximum Gasteiger partial charge on any atom is 0.322 e. The van der Waals surface area contributed by atoms with E-state index in [9.17, 15) is 4.79 Å². The number of carbonyl (C=O) groups is 1. The predicted molar refractivity (Wildman–Crippen MR) is 90.3 cm³/mol. The first kappa shape index (κ1) is 15.6. The largest absolute Gasteiger partial charge is 0.322 e. The van der Waals surface area contributed by atoms with E-state index in [0.717, 1.165) is 15.7 Å². The van der Waals surface area contributed by atoms with Crippen LogP contribution in [0, 0.1) is 0 Å². The number of rotatable bonds is 4. The molecule has 0 aliphatic rings. The fourth-order valence-electron chi connectivity index (χ4n) is 2.03. The first-order valence-corrected chi connectivity index (χ1v) is 7.72. The second-order valence-electron chi connectivity index (χ2n) is 5.15. The summed E-state index contributed by atoms with van der Waals surface area (Å²) in [4.78, 5) is 14.3. The van der Waals surface area contributed by atoms with Crippen LogP contribution in [0.25, 0.3) is 0 Å². The van der Waals surface area contributed by atoms with Gasteiger partial charge in [0.1, 0.15) is 0 Å². The molecule has 0 heterocycles. The van der Waals surface area contributed by atoms with Gasteiger partial charge in [-0.3, -0.25) is 0 Å². The molecule has 0 atom stereocenters. The van der Waals surface area contributed by atoms with Crippen LogP contribution in [0.2, 0.25) is 0 Å². The van der Waals surface area contributed by atoms with E-state index >= 15 is 0 Å². The van der Waals surface area contributed by atoms with Crippen molar-refractivity contribution in [2.24, 2.45) is 0 Å². The average molecular weight is 347 g/mol. The van der Waals surface area contributed by atoms with Gasteiger partial charge >= 0.3 is 6.03 Å². The van der Waals surface area contributed by atoms with Gasteiger partial charge in [-0.15, -0.1) is 0 Å². The first-order chi connectivity index (χ1) is 10.1. The molecule has 4 heteroatoms. The molecule has 2 aromatic carbocycles. The second-order valence-corrected chi connectivity index (χ2v) is 6.06. The lowest BCUT2D eigenvalue weighted by Crippen LogP contribution is -2.39. The molecule has 0 aliphatic heterocycles. The van der Waals surface area contributed by atoms with Crippen LogP contribution in [0.1, 0.15) is 19.4 Å². The Kier molecular flexibility index (Phi) is 5.39. The van der Waals surface area contributed by atoms with Crippen molar-refractivity contribution < 1.29 is 4.79 Å². The summed E-state index contributed by atoms with van der Waals surface area (Å²) in [7, 11) is 0. The number of nitrogens with one attached hydrogen (secondary N) is 1. The van der Waals surface area contributed by atoms with E-state index in [1.807, 2.05) is 73.3 Å². The Morgan fingerprint density at radius 3 is 2.48 bits per heavy atom. The molecular formula is C17H19BrN2O. The lowest BCUT2D eigenvalue weighted by Gasteiger charge is -2.27. The van der Waals surface area contributed by atoms with Gasteiger partial charge in [-0.1, -0.05) is 52.3 Å². The van der Waals surface area contributed by atoms with Crippen molar-refractivity contribution in [3.05, 3.63) is 64.6 Å². The zero-order valence-corrected chi connectivity index (χ0v) is 13.8. The molecule has 0 fully saturated rings. The summed E-state index contributed by atoms with van der Waals surface area (Å²) in [5.74, 6) is 0. The van der Waals surface area contributed by atoms with Crippen LogP contribution in [-0.2, 0) is 6.54 Å². The van der Waals surface area contributed by atoms with E-state index in [1.165, 1.54) is 0 Å². The third-order valence-corrected chi connectivity index (χ3v) is 3.65. The van der Waals surface area contributed by atoms with Gasteiger partial charge in [0.25, 0.3) is 0 Å². The highest BCUT2D eigenvalue weighted by molar-refractivity contribution is 9.10. The summed E-state index contributed by atoms with van der Waals surface area (Å²) in [5.41, 5.74) is 1.91. The highest BCUT2D eigenvalue weighted by Crippen LogP contribution is 2.17. The maximum absolute atomic E-state index is 12.5.